The number of aromatic nitrogens is 2. The minimum absolute atomic E-state index is 0.00752. The van der Waals surface area contributed by atoms with Crippen LogP contribution in [0.15, 0.2) is 40.1 Å². The normalized spacial score (nSPS) is 29.7. The van der Waals surface area contributed by atoms with Gasteiger partial charge >= 0.3 is 29.8 Å². The summed E-state index contributed by atoms with van der Waals surface area (Å²) in [5.41, 5.74) is 0.223. The number of fused-ring (bicyclic) bond motifs is 9. The average molecular weight is 813 g/mol. The van der Waals surface area contributed by atoms with E-state index in [0.717, 1.165) is 12.5 Å². The number of aliphatic imine (C=N–C) groups is 1. The van der Waals surface area contributed by atoms with Crippen LogP contribution < -0.4 is 15.8 Å². The second-order valence-corrected chi connectivity index (χ2v) is 14.6. The quantitative estimate of drug-likeness (QED) is 0.144. The molecule has 11 atom stereocenters. The molecular weight excluding hydrogens is 764 g/mol. The number of carbonyl (C=O) groups is 5. The second kappa shape index (κ2) is 17.5. The van der Waals surface area contributed by atoms with Gasteiger partial charge in [-0.2, -0.15) is 4.98 Å². The summed E-state index contributed by atoms with van der Waals surface area (Å²) >= 11 is 0. The Kier molecular flexibility index (Phi) is 12.7. The number of esters is 5. The predicted molar refractivity (Wildman–Crippen MR) is 201 cm³/mol. The number of hydrogen-bond acceptors (Lipinski definition) is 18. The van der Waals surface area contributed by atoms with Crippen LogP contribution in [0.3, 0.4) is 0 Å². The summed E-state index contributed by atoms with van der Waals surface area (Å²) < 4.78 is 50.5. The molecule has 20 nitrogen and oxygen atoms in total. The summed E-state index contributed by atoms with van der Waals surface area (Å²) in [6.45, 7) is 5.59. The maximum atomic E-state index is 14.2. The first-order valence-corrected chi connectivity index (χ1v) is 18.7. The lowest BCUT2D eigenvalue weighted by atomic mass is 9.79. The third kappa shape index (κ3) is 8.92. The number of hydrogen-bond donors (Lipinski definition) is 1. The molecule has 4 aliphatic rings. The van der Waals surface area contributed by atoms with Gasteiger partial charge in [0.15, 0.2) is 24.3 Å². The highest BCUT2D eigenvalue weighted by Gasteiger charge is 2.63. The van der Waals surface area contributed by atoms with Crippen LogP contribution in [0.1, 0.15) is 46.6 Å². The van der Waals surface area contributed by atoms with Crippen molar-refractivity contribution in [2.24, 2.45) is 18.0 Å². The van der Waals surface area contributed by atoms with Gasteiger partial charge in [-0.25, -0.2) is 4.99 Å². The van der Waals surface area contributed by atoms with E-state index in [1.807, 2.05) is 30.3 Å². The maximum Gasteiger partial charge on any atom is 0.303 e. The van der Waals surface area contributed by atoms with Crippen LogP contribution in [-0.2, 0) is 75.5 Å². The number of ether oxygens (including phenoxy) is 8. The third-order valence-electron chi connectivity index (χ3n) is 10.00. The lowest BCUT2D eigenvalue weighted by molar-refractivity contribution is -0.248. The number of nitrogens with one attached hydrogen (secondary N) is 1. The minimum Gasteiger partial charge on any atom is -0.463 e. The molecule has 0 aliphatic carbocycles. The molecule has 314 valence electrons. The van der Waals surface area contributed by atoms with Crippen LogP contribution in [0.2, 0.25) is 0 Å². The van der Waals surface area contributed by atoms with Gasteiger partial charge in [0.25, 0.3) is 5.56 Å². The molecule has 0 spiro atoms. The topological polar surface area (TPSA) is 225 Å². The van der Waals surface area contributed by atoms with E-state index < -0.39 is 103 Å². The monoisotopic (exact) mass is 812 g/mol. The van der Waals surface area contributed by atoms with E-state index >= 15 is 0 Å². The van der Waals surface area contributed by atoms with E-state index in [-0.39, 0.29) is 37.1 Å². The molecule has 3 saturated heterocycles. The fraction of sp³-hybridized carbons (Fsp3) is 0.579. The Morgan fingerprint density at radius 3 is 2.12 bits per heavy atom. The molecule has 4 bridgehead atoms. The summed E-state index contributed by atoms with van der Waals surface area (Å²) in [6, 6.07) is 9.23. The number of benzene rings is 1. The van der Waals surface area contributed by atoms with E-state index in [1.165, 1.54) is 50.5 Å². The summed E-state index contributed by atoms with van der Waals surface area (Å²) in [5.74, 6) is -4.51. The number of anilines is 2. The highest BCUT2D eigenvalue weighted by Crippen LogP contribution is 2.47. The SMILES string of the molecule is CC(=O)OC[C@H]1O[C@@H]2C3Nc4c(nc(/N=C/N(C)C)n(C)c4=O)N3[C@@H]3O[C@@H]([C@@H](OC(C)=O)[C@H]3OC(C)=O)[C@H](OC(C)=O)C[C@H]([C@@H]2OCc2ccccc2)[C@@H]1OC(C)=O. The van der Waals surface area contributed by atoms with Crippen molar-refractivity contribution in [2.75, 3.05) is 30.9 Å². The van der Waals surface area contributed by atoms with Crippen molar-refractivity contribution in [1.29, 1.82) is 0 Å². The minimum atomic E-state index is -1.40. The van der Waals surface area contributed by atoms with Gasteiger partial charge in [0.1, 0.15) is 49.0 Å². The van der Waals surface area contributed by atoms with Gasteiger partial charge in [-0.05, 0) is 12.0 Å². The molecule has 20 heteroatoms. The van der Waals surface area contributed by atoms with Crippen LogP contribution in [0.25, 0.3) is 0 Å². The molecule has 2 aromatic rings. The summed E-state index contributed by atoms with van der Waals surface area (Å²) in [6.07, 6.45) is -11.1. The molecule has 0 amide bonds. The highest BCUT2D eigenvalue weighted by atomic mass is 16.7. The Balaban J connectivity index is 1.63. The Morgan fingerprint density at radius 2 is 1.50 bits per heavy atom. The van der Waals surface area contributed by atoms with E-state index in [0.29, 0.717) is 0 Å². The maximum absolute atomic E-state index is 14.2. The van der Waals surface area contributed by atoms with E-state index in [1.54, 1.807) is 19.0 Å². The zero-order chi connectivity index (χ0) is 42.0. The fourth-order valence-corrected chi connectivity index (χ4v) is 7.86. The predicted octanol–water partition coefficient (Wildman–Crippen LogP) is 0.947. The lowest BCUT2D eigenvalue weighted by Gasteiger charge is -2.50. The Bertz CT molecular complexity index is 1980. The van der Waals surface area contributed by atoms with E-state index in [2.05, 4.69) is 10.3 Å². The highest BCUT2D eigenvalue weighted by molar-refractivity contribution is 5.75. The molecule has 1 aromatic carbocycles. The van der Waals surface area contributed by atoms with Crippen LogP contribution in [0.4, 0.5) is 17.5 Å². The van der Waals surface area contributed by atoms with Crippen molar-refractivity contribution in [3.8, 4) is 0 Å². The second-order valence-electron chi connectivity index (χ2n) is 14.6. The summed E-state index contributed by atoms with van der Waals surface area (Å²) in [5, 5.41) is 3.27. The molecule has 1 N–H and O–H groups in total. The molecule has 6 rings (SSSR count). The number of carbonyl (C=O) groups excluding carboxylic acids is 5. The molecule has 5 heterocycles. The van der Waals surface area contributed by atoms with Crippen molar-refractivity contribution in [1.82, 2.24) is 14.5 Å². The van der Waals surface area contributed by atoms with Crippen molar-refractivity contribution < 1.29 is 61.9 Å². The van der Waals surface area contributed by atoms with Crippen LogP contribution in [0, 0.1) is 5.92 Å². The van der Waals surface area contributed by atoms with Crippen molar-refractivity contribution in [3.05, 3.63) is 46.2 Å². The third-order valence-corrected chi connectivity index (χ3v) is 10.00. The zero-order valence-corrected chi connectivity index (χ0v) is 33.4. The first kappa shape index (κ1) is 42.0. The molecule has 1 unspecified atom stereocenters. The number of rotatable bonds is 11. The smallest absolute Gasteiger partial charge is 0.303 e. The van der Waals surface area contributed by atoms with Crippen LogP contribution in [0.5, 0.6) is 0 Å². The van der Waals surface area contributed by atoms with E-state index in [4.69, 9.17) is 42.9 Å². The molecule has 0 saturated carbocycles. The largest absolute Gasteiger partial charge is 0.463 e. The Labute approximate surface area is 333 Å². The average Bonchev–Trinajstić information content (AvgIpc) is 3.68. The fourth-order valence-electron chi connectivity index (χ4n) is 7.86. The van der Waals surface area contributed by atoms with Crippen molar-refractivity contribution in [3.63, 3.8) is 0 Å². The first-order chi connectivity index (χ1) is 27.5. The summed E-state index contributed by atoms with van der Waals surface area (Å²) in [4.78, 5) is 90.1. The van der Waals surface area contributed by atoms with Gasteiger partial charge in [0.05, 0.1) is 19.0 Å². The Hall–Kier alpha value is -5.60. The lowest BCUT2D eigenvalue weighted by Crippen LogP contribution is -2.66. The zero-order valence-electron chi connectivity index (χ0n) is 33.4. The number of nitrogens with zero attached hydrogens (tertiary/aromatic N) is 5. The standard InChI is InChI=1S/C38H48N6O14/c1-18(45)51-16-26-28(54-20(3)47)24-14-25(53-19(2)46)30-31(55-21(4)48)33(56-22(5)49)37(58-30)44-34-27(36(50)43(8)38(41-34)39-17-42(6)7)40-35(44)32(57-26)29(24)52-15-23-12-10-9-11-13-23/h9-13,17,24-26,28-33,35,37,40H,14-16H2,1-8H3/b39-17+/t24-,25+,26+,28-,29-,30+,31+,32-,33+,35?,37+/m0/s1. The summed E-state index contributed by atoms with van der Waals surface area (Å²) in [7, 11) is 4.97. The molecule has 3 fully saturated rings. The van der Waals surface area contributed by atoms with Crippen LogP contribution >= 0.6 is 0 Å². The van der Waals surface area contributed by atoms with Gasteiger partial charge in [-0.15, -0.1) is 0 Å². The molecule has 4 aliphatic heterocycles. The van der Waals surface area contributed by atoms with E-state index in [9.17, 15) is 28.8 Å². The first-order valence-electron chi connectivity index (χ1n) is 18.7. The molecule has 1 aromatic heterocycles. The van der Waals surface area contributed by atoms with Crippen LogP contribution in [-0.4, -0.2) is 133 Å². The Morgan fingerprint density at radius 1 is 0.862 bits per heavy atom. The molecular formula is C38H48N6O14. The van der Waals surface area contributed by atoms with Gasteiger partial charge in [0, 0.05) is 61.7 Å². The van der Waals surface area contributed by atoms with Gasteiger partial charge in [0.2, 0.25) is 5.95 Å². The molecule has 0 radical (unpaired) electrons. The van der Waals surface area contributed by atoms with Gasteiger partial charge in [-0.1, -0.05) is 30.3 Å². The van der Waals surface area contributed by atoms with Gasteiger partial charge < -0.3 is 53.0 Å². The molecule has 58 heavy (non-hydrogen) atoms. The van der Waals surface area contributed by atoms with Gasteiger partial charge in [-0.3, -0.25) is 33.3 Å². The van der Waals surface area contributed by atoms with Crippen molar-refractivity contribution >= 4 is 53.6 Å². The van der Waals surface area contributed by atoms with Crippen molar-refractivity contribution in [2.45, 2.75) is 109 Å².